The number of benzene rings is 2. The second-order valence-corrected chi connectivity index (χ2v) is 4.53. The maximum atomic E-state index is 13.9. The highest BCUT2D eigenvalue weighted by Gasteiger charge is 2.15. The van der Waals surface area contributed by atoms with Gasteiger partial charge in [-0.3, -0.25) is 0 Å². The summed E-state index contributed by atoms with van der Waals surface area (Å²) in [5, 5.41) is 18.6. The molecule has 0 unspecified atom stereocenters. The van der Waals surface area contributed by atoms with E-state index in [0.29, 0.717) is 16.9 Å². The van der Waals surface area contributed by atoms with Gasteiger partial charge in [0.1, 0.15) is 5.75 Å². The van der Waals surface area contributed by atoms with Crippen LogP contribution >= 0.6 is 0 Å². The smallest absolute Gasteiger partial charge is 0.168 e. The van der Waals surface area contributed by atoms with E-state index in [-0.39, 0.29) is 5.75 Å². The molecule has 20 heavy (non-hydrogen) atoms. The molecule has 0 aliphatic rings. The third kappa shape index (κ3) is 2.79. The van der Waals surface area contributed by atoms with E-state index in [2.05, 4.69) is 0 Å². The van der Waals surface area contributed by atoms with Gasteiger partial charge >= 0.3 is 0 Å². The fourth-order valence-corrected chi connectivity index (χ4v) is 1.85. The van der Waals surface area contributed by atoms with E-state index >= 15 is 0 Å². The molecule has 2 aromatic carbocycles. The highest BCUT2D eigenvalue weighted by Crippen LogP contribution is 2.33. The minimum atomic E-state index is -0.847. The number of aryl methyl sites for hydroxylation is 1. The van der Waals surface area contributed by atoms with Gasteiger partial charge in [0.05, 0.1) is 17.7 Å². The van der Waals surface area contributed by atoms with Gasteiger partial charge in [-0.25, -0.2) is 4.39 Å². The normalized spacial score (nSPS) is 11.8. The molecule has 0 aromatic heterocycles. The number of halogens is 1. The predicted molar refractivity (Wildman–Crippen MR) is 73.0 cm³/mol. The Labute approximate surface area is 116 Å². The van der Waals surface area contributed by atoms with Crippen LogP contribution in [0.3, 0.4) is 0 Å². The summed E-state index contributed by atoms with van der Waals surface area (Å²) in [6, 6.07) is 11.3. The van der Waals surface area contributed by atoms with Gasteiger partial charge in [0, 0.05) is 5.56 Å². The van der Waals surface area contributed by atoms with Crippen LogP contribution in [0.2, 0.25) is 0 Å². The van der Waals surface area contributed by atoms with Crippen LogP contribution in [0.4, 0.5) is 4.39 Å². The number of aliphatic hydroxyl groups excluding tert-OH is 1. The first-order valence-electron chi connectivity index (χ1n) is 6.18. The lowest BCUT2D eigenvalue weighted by molar-refractivity contribution is 0.194. The van der Waals surface area contributed by atoms with Crippen molar-refractivity contribution in [3.05, 3.63) is 58.9 Å². The lowest BCUT2D eigenvalue weighted by Crippen LogP contribution is -1.99. The molecule has 0 aliphatic carbocycles. The van der Waals surface area contributed by atoms with Gasteiger partial charge in [-0.1, -0.05) is 18.2 Å². The zero-order valence-electron chi connectivity index (χ0n) is 11.2. The summed E-state index contributed by atoms with van der Waals surface area (Å²) >= 11 is 0. The fourth-order valence-electron chi connectivity index (χ4n) is 1.85. The monoisotopic (exact) mass is 271 g/mol. The van der Waals surface area contributed by atoms with Gasteiger partial charge in [-0.05, 0) is 37.6 Å². The summed E-state index contributed by atoms with van der Waals surface area (Å²) < 4.78 is 19.5. The third-order valence-corrected chi connectivity index (χ3v) is 2.98. The Balaban J connectivity index is 2.48. The molecule has 1 atom stereocenters. The summed E-state index contributed by atoms with van der Waals surface area (Å²) in [5.41, 5.74) is 1.58. The SMILES string of the molecule is Cc1ccc(C#N)cc1Oc1c(F)cccc1[C@@H](C)O. The first-order valence-corrected chi connectivity index (χ1v) is 6.18. The Bertz CT molecular complexity index is 675. The van der Waals surface area contributed by atoms with Crippen molar-refractivity contribution in [3.8, 4) is 17.6 Å². The van der Waals surface area contributed by atoms with Gasteiger partial charge in [0.2, 0.25) is 0 Å². The quantitative estimate of drug-likeness (QED) is 0.922. The predicted octanol–water partition coefficient (Wildman–Crippen LogP) is 3.85. The lowest BCUT2D eigenvalue weighted by atomic mass is 10.1. The topological polar surface area (TPSA) is 53.2 Å². The Morgan fingerprint density at radius 3 is 2.70 bits per heavy atom. The van der Waals surface area contributed by atoms with Gasteiger partial charge in [0.15, 0.2) is 11.6 Å². The molecule has 0 amide bonds. The number of ether oxygens (including phenoxy) is 1. The molecular weight excluding hydrogens is 257 g/mol. The third-order valence-electron chi connectivity index (χ3n) is 2.98. The molecule has 0 spiro atoms. The summed E-state index contributed by atoms with van der Waals surface area (Å²) in [7, 11) is 0. The molecule has 2 rings (SSSR count). The fraction of sp³-hybridized carbons (Fsp3) is 0.188. The molecule has 0 aliphatic heterocycles. The number of aliphatic hydroxyl groups is 1. The summed E-state index contributed by atoms with van der Waals surface area (Å²) in [6.45, 7) is 3.35. The molecule has 2 aromatic rings. The van der Waals surface area contributed by atoms with Crippen molar-refractivity contribution >= 4 is 0 Å². The van der Waals surface area contributed by atoms with Crippen LogP contribution in [0.5, 0.6) is 11.5 Å². The number of para-hydroxylation sites is 1. The van der Waals surface area contributed by atoms with Crippen molar-refractivity contribution in [3.63, 3.8) is 0 Å². The molecule has 1 N–H and O–H groups in total. The van der Waals surface area contributed by atoms with E-state index in [9.17, 15) is 9.50 Å². The highest BCUT2D eigenvalue weighted by atomic mass is 19.1. The maximum absolute atomic E-state index is 13.9. The molecule has 102 valence electrons. The van der Waals surface area contributed by atoms with Crippen molar-refractivity contribution in [1.82, 2.24) is 0 Å². The average molecular weight is 271 g/mol. The second-order valence-electron chi connectivity index (χ2n) is 4.53. The van der Waals surface area contributed by atoms with Crippen LogP contribution in [0.1, 0.15) is 29.7 Å². The minimum Gasteiger partial charge on any atom is -0.454 e. The number of nitrogens with zero attached hydrogens (tertiary/aromatic N) is 1. The first-order chi connectivity index (χ1) is 9.52. The molecule has 0 saturated carbocycles. The van der Waals surface area contributed by atoms with Crippen molar-refractivity contribution in [2.45, 2.75) is 20.0 Å². The van der Waals surface area contributed by atoms with Gasteiger partial charge in [-0.15, -0.1) is 0 Å². The summed E-state index contributed by atoms with van der Waals surface area (Å²) in [4.78, 5) is 0. The van der Waals surface area contributed by atoms with Crippen molar-refractivity contribution in [2.75, 3.05) is 0 Å². The Kier molecular flexibility index (Phi) is 4.02. The van der Waals surface area contributed by atoms with Gasteiger partial charge in [0.25, 0.3) is 0 Å². The second kappa shape index (κ2) is 5.72. The van der Waals surface area contributed by atoms with E-state index in [0.717, 1.165) is 5.56 Å². The first kappa shape index (κ1) is 14.0. The van der Waals surface area contributed by atoms with Crippen LogP contribution < -0.4 is 4.74 Å². The number of hydrogen-bond acceptors (Lipinski definition) is 3. The van der Waals surface area contributed by atoms with E-state index in [1.165, 1.54) is 12.1 Å². The van der Waals surface area contributed by atoms with Crippen LogP contribution in [0.25, 0.3) is 0 Å². The van der Waals surface area contributed by atoms with Crippen molar-refractivity contribution in [2.24, 2.45) is 0 Å². The molecule has 0 radical (unpaired) electrons. The van der Waals surface area contributed by atoms with E-state index < -0.39 is 11.9 Å². The summed E-state index contributed by atoms with van der Waals surface area (Å²) in [6.07, 6.45) is -0.847. The van der Waals surface area contributed by atoms with Crippen LogP contribution in [0.15, 0.2) is 36.4 Å². The highest BCUT2D eigenvalue weighted by molar-refractivity contribution is 5.46. The number of hydrogen-bond donors (Lipinski definition) is 1. The average Bonchev–Trinajstić information content (AvgIpc) is 2.43. The van der Waals surface area contributed by atoms with Gasteiger partial charge < -0.3 is 9.84 Å². The van der Waals surface area contributed by atoms with Crippen molar-refractivity contribution < 1.29 is 14.2 Å². The Morgan fingerprint density at radius 1 is 1.30 bits per heavy atom. The van der Waals surface area contributed by atoms with Crippen molar-refractivity contribution in [1.29, 1.82) is 5.26 Å². The van der Waals surface area contributed by atoms with Crippen LogP contribution in [0, 0.1) is 24.1 Å². The zero-order valence-corrected chi connectivity index (χ0v) is 11.2. The van der Waals surface area contributed by atoms with Crippen LogP contribution in [-0.4, -0.2) is 5.11 Å². The lowest BCUT2D eigenvalue weighted by Gasteiger charge is -2.15. The van der Waals surface area contributed by atoms with Crippen LogP contribution in [-0.2, 0) is 0 Å². The molecule has 0 saturated heterocycles. The number of nitriles is 1. The van der Waals surface area contributed by atoms with E-state index in [1.807, 2.05) is 6.07 Å². The molecule has 0 heterocycles. The molecule has 0 bridgehead atoms. The molecule has 3 nitrogen and oxygen atoms in total. The molecule has 4 heteroatoms. The standard InChI is InChI=1S/C16H14FNO2/c1-10-6-7-12(9-18)8-15(10)20-16-13(11(2)19)4-3-5-14(16)17/h3-8,11,19H,1-2H3/t11-/m1/s1. The minimum absolute atomic E-state index is 0.0133. The van der Waals surface area contributed by atoms with E-state index in [4.69, 9.17) is 10.00 Å². The Morgan fingerprint density at radius 2 is 2.05 bits per heavy atom. The largest absolute Gasteiger partial charge is 0.454 e. The molecule has 0 fully saturated rings. The molecular formula is C16H14FNO2. The van der Waals surface area contributed by atoms with E-state index in [1.54, 1.807) is 38.1 Å². The maximum Gasteiger partial charge on any atom is 0.168 e. The number of rotatable bonds is 3. The summed E-state index contributed by atoms with van der Waals surface area (Å²) in [5.74, 6) is -0.165. The Hall–Kier alpha value is -2.38. The van der Waals surface area contributed by atoms with Gasteiger partial charge in [-0.2, -0.15) is 5.26 Å². The zero-order chi connectivity index (χ0) is 14.7.